The van der Waals surface area contributed by atoms with Crippen molar-refractivity contribution in [2.45, 2.75) is 38.2 Å². The zero-order valence-electron chi connectivity index (χ0n) is 17.6. The van der Waals surface area contributed by atoms with Gasteiger partial charge in [-0.2, -0.15) is 4.98 Å². The van der Waals surface area contributed by atoms with Gasteiger partial charge >= 0.3 is 5.69 Å². The number of aliphatic hydroxyl groups excluding tert-OH is 1. The van der Waals surface area contributed by atoms with Crippen LogP contribution >= 0.6 is 11.8 Å². The van der Waals surface area contributed by atoms with Crippen LogP contribution < -0.4 is 17.2 Å². The lowest BCUT2D eigenvalue weighted by atomic mass is 10.4. The molecule has 5 N–H and O–H groups in total. The number of imidazole rings is 1. The summed E-state index contributed by atoms with van der Waals surface area (Å²) in [6, 6.07) is 0. The summed E-state index contributed by atoms with van der Waals surface area (Å²) in [4.78, 5) is 27.0. The largest absolute Gasteiger partial charge is 0.393 e. The van der Waals surface area contributed by atoms with Crippen LogP contribution in [0.1, 0.15) is 20.1 Å². The summed E-state index contributed by atoms with van der Waals surface area (Å²) in [5, 5.41) is 8.86. The number of ether oxygens (including phenoxy) is 2. The van der Waals surface area contributed by atoms with Gasteiger partial charge in [0.05, 0.1) is 31.8 Å². The maximum atomic E-state index is 13.1. The van der Waals surface area contributed by atoms with E-state index in [1.54, 1.807) is 6.33 Å². The molecular weight excluding hydrogens is 443 g/mol. The van der Waals surface area contributed by atoms with Gasteiger partial charge in [0.2, 0.25) is 0 Å². The first-order valence-corrected chi connectivity index (χ1v) is 10.8. The van der Waals surface area contributed by atoms with E-state index in [4.69, 9.17) is 26.0 Å². The molecule has 0 aromatic carbocycles. The van der Waals surface area contributed by atoms with Crippen LogP contribution in [0, 0.1) is 5.82 Å². The van der Waals surface area contributed by atoms with Crippen LogP contribution in [0.25, 0.3) is 11.2 Å². The smallest absolute Gasteiger partial charge is 0.351 e. The summed E-state index contributed by atoms with van der Waals surface area (Å²) in [5.74, 6) is -0.324. The highest BCUT2D eigenvalue weighted by atomic mass is 32.2. The van der Waals surface area contributed by atoms with Crippen molar-refractivity contribution in [1.29, 1.82) is 0 Å². The van der Waals surface area contributed by atoms with Gasteiger partial charge in [-0.3, -0.25) is 4.57 Å². The van der Waals surface area contributed by atoms with E-state index in [9.17, 15) is 9.18 Å². The summed E-state index contributed by atoms with van der Waals surface area (Å²) in [7, 11) is 0. The number of nitrogens with zero attached hydrogens (tertiary/aromatic N) is 6. The molecule has 0 amide bonds. The van der Waals surface area contributed by atoms with E-state index < -0.39 is 29.0 Å². The third-order valence-corrected chi connectivity index (χ3v) is 5.57. The number of nitrogens with two attached hydrogens (primary N) is 2. The Morgan fingerprint density at radius 2 is 2.16 bits per heavy atom. The minimum Gasteiger partial charge on any atom is -0.393 e. The first-order valence-electron chi connectivity index (χ1n) is 9.79. The van der Waals surface area contributed by atoms with E-state index in [1.165, 1.54) is 18.1 Å². The maximum Gasteiger partial charge on any atom is 0.351 e. The number of halogens is 1. The molecule has 3 atom stereocenters. The molecule has 1 fully saturated rings. The first-order chi connectivity index (χ1) is 15.3. The Morgan fingerprint density at radius 1 is 1.38 bits per heavy atom. The highest BCUT2D eigenvalue weighted by Gasteiger charge is 2.28. The number of fused-ring (bicyclic) bond motifs is 1. The lowest BCUT2D eigenvalue weighted by Gasteiger charge is -2.13. The third kappa shape index (κ3) is 5.51. The van der Waals surface area contributed by atoms with Crippen LogP contribution in [0.2, 0.25) is 0 Å². The molecule has 0 spiro atoms. The molecule has 14 heteroatoms. The maximum absolute atomic E-state index is 13.1. The molecule has 3 aromatic rings. The third-order valence-electron chi connectivity index (χ3n) is 4.46. The normalized spacial score (nSPS) is 19.0. The van der Waals surface area contributed by atoms with Gasteiger partial charge in [0.15, 0.2) is 23.1 Å². The summed E-state index contributed by atoms with van der Waals surface area (Å²) >= 11 is 1.35. The van der Waals surface area contributed by atoms with Gasteiger partial charge < -0.3 is 30.6 Å². The van der Waals surface area contributed by atoms with Crippen LogP contribution in [0.3, 0.4) is 0 Å². The molecule has 4 heterocycles. The fourth-order valence-electron chi connectivity index (χ4n) is 3.00. The molecule has 32 heavy (non-hydrogen) atoms. The fraction of sp³-hybridized carbons (Fsp3) is 0.500. The van der Waals surface area contributed by atoms with Crippen molar-refractivity contribution in [1.82, 2.24) is 29.1 Å². The summed E-state index contributed by atoms with van der Waals surface area (Å²) in [6.07, 6.45) is 3.64. The monoisotopic (exact) mass is 468 g/mol. The van der Waals surface area contributed by atoms with Crippen molar-refractivity contribution in [2.75, 3.05) is 30.4 Å². The van der Waals surface area contributed by atoms with E-state index in [2.05, 4.69) is 19.9 Å². The van der Waals surface area contributed by atoms with Crippen LogP contribution in [0.15, 0.2) is 23.6 Å². The highest BCUT2D eigenvalue weighted by Crippen LogP contribution is 2.30. The summed E-state index contributed by atoms with van der Waals surface area (Å²) < 4.78 is 26.9. The number of aliphatic hydroxyl groups is 1. The van der Waals surface area contributed by atoms with Gasteiger partial charge in [0, 0.05) is 12.4 Å². The Balaban J connectivity index is 0.000000181. The molecule has 1 saturated heterocycles. The van der Waals surface area contributed by atoms with Crippen LogP contribution in [-0.2, 0) is 16.0 Å². The Morgan fingerprint density at radius 3 is 2.84 bits per heavy atom. The average molecular weight is 469 g/mol. The average Bonchev–Trinajstić information content (AvgIpc) is 3.40. The Kier molecular flexibility index (Phi) is 7.95. The van der Waals surface area contributed by atoms with Gasteiger partial charge in [-0.1, -0.05) is 0 Å². The molecule has 0 unspecified atom stereocenters. The molecular formula is C18H25FN8O4S. The summed E-state index contributed by atoms with van der Waals surface area (Å²) in [6.45, 7) is 5.25. The van der Waals surface area contributed by atoms with Crippen molar-refractivity contribution >= 4 is 34.6 Å². The Bertz CT molecular complexity index is 1110. The molecule has 0 aliphatic carbocycles. The van der Waals surface area contributed by atoms with Gasteiger partial charge in [-0.05, 0) is 13.8 Å². The SMILES string of the molecule is CCO[C@H](C)Cn1cnc2c(N)ncnc21.Nc1nc(=O)n([C@H]2CS[C@@H](CO)O2)cc1F. The molecule has 4 rings (SSSR count). The Hall–Kier alpha value is -2.81. The molecule has 0 bridgehead atoms. The second-order valence-corrected chi connectivity index (χ2v) is 7.99. The predicted molar refractivity (Wildman–Crippen MR) is 117 cm³/mol. The van der Waals surface area contributed by atoms with Gasteiger partial charge in [0.1, 0.15) is 23.5 Å². The Labute approximate surface area is 186 Å². The van der Waals surface area contributed by atoms with Gasteiger partial charge in [-0.25, -0.2) is 24.1 Å². The minimum atomic E-state index is -0.763. The minimum absolute atomic E-state index is 0.124. The summed E-state index contributed by atoms with van der Waals surface area (Å²) in [5.41, 5.74) is 11.2. The van der Waals surface area contributed by atoms with Crippen LogP contribution in [0.5, 0.6) is 0 Å². The van der Waals surface area contributed by atoms with Crippen molar-refractivity contribution in [3.63, 3.8) is 0 Å². The van der Waals surface area contributed by atoms with E-state index >= 15 is 0 Å². The number of rotatable bonds is 6. The molecule has 0 saturated carbocycles. The molecule has 12 nitrogen and oxygen atoms in total. The van der Waals surface area contributed by atoms with Crippen LogP contribution in [0.4, 0.5) is 16.0 Å². The zero-order chi connectivity index (χ0) is 23.3. The van der Waals surface area contributed by atoms with Gasteiger partial charge in [0.25, 0.3) is 0 Å². The lowest BCUT2D eigenvalue weighted by molar-refractivity contribution is -0.00677. The number of hydrogen-bond donors (Lipinski definition) is 3. The molecule has 3 aromatic heterocycles. The van der Waals surface area contributed by atoms with E-state index in [1.807, 2.05) is 18.4 Å². The quantitative estimate of drug-likeness (QED) is 0.457. The van der Waals surface area contributed by atoms with Crippen molar-refractivity contribution in [2.24, 2.45) is 0 Å². The second kappa shape index (κ2) is 10.7. The number of anilines is 2. The number of hydrogen-bond acceptors (Lipinski definition) is 11. The van der Waals surface area contributed by atoms with E-state index in [0.29, 0.717) is 30.2 Å². The molecule has 174 valence electrons. The topological polar surface area (TPSA) is 169 Å². The van der Waals surface area contributed by atoms with E-state index in [0.717, 1.165) is 16.4 Å². The van der Waals surface area contributed by atoms with Gasteiger partial charge in [-0.15, -0.1) is 11.8 Å². The second-order valence-electron chi connectivity index (χ2n) is 6.79. The predicted octanol–water partition coefficient (Wildman–Crippen LogP) is 0.379. The number of thioether (sulfide) groups is 1. The van der Waals surface area contributed by atoms with Crippen LogP contribution in [-0.4, -0.2) is 64.7 Å². The lowest BCUT2D eigenvalue weighted by Crippen LogP contribution is -2.29. The highest BCUT2D eigenvalue weighted by molar-refractivity contribution is 8.00. The van der Waals surface area contributed by atoms with Crippen molar-refractivity contribution in [3.8, 4) is 0 Å². The number of nitrogen functional groups attached to an aromatic ring is 2. The fourth-order valence-corrected chi connectivity index (χ4v) is 3.93. The van der Waals surface area contributed by atoms with Crippen molar-refractivity contribution in [3.05, 3.63) is 35.2 Å². The van der Waals surface area contributed by atoms with E-state index in [-0.39, 0.29) is 12.7 Å². The standard InChI is InChI=1S/C10H15N5O.C8H10FN3O3S/c1-3-16-7(2)4-15-6-14-8-9(11)12-5-13-10(8)15;9-4-1-12(8(14)11-7(4)10)5-3-16-6(2-13)15-5/h5-7H,3-4H2,1-2H3,(H2,11,12,13);1,5-6,13H,2-3H2,(H2,10,11,14)/t7-;5-,6+/m11/s1. The molecule has 0 radical (unpaired) electrons. The first kappa shape index (κ1) is 23.8. The number of aromatic nitrogens is 6. The zero-order valence-corrected chi connectivity index (χ0v) is 18.4. The molecule has 1 aliphatic rings. The molecule has 1 aliphatic heterocycles. The van der Waals surface area contributed by atoms with Crippen molar-refractivity contribution < 1.29 is 19.0 Å².